The average molecular weight is 283 g/mol. The van der Waals surface area contributed by atoms with Gasteiger partial charge in [-0.05, 0) is 26.8 Å². The normalized spacial score (nSPS) is 13.7. The van der Waals surface area contributed by atoms with Crippen LogP contribution in [0.4, 0.5) is 0 Å². The molecule has 3 N–H and O–H groups in total. The second-order valence-corrected chi connectivity index (χ2v) is 4.61. The summed E-state index contributed by atoms with van der Waals surface area (Å²) in [4.78, 5) is 11.6. The second kappa shape index (κ2) is 6.08. The number of rotatable bonds is 3. The van der Waals surface area contributed by atoms with E-state index in [-0.39, 0.29) is 24.4 Å². The number of carbonyl (C=O) groups excluding carboxylic acids is 1. The number of hydrogen-bond donors (Lipinski definition) is 2. The predicted octanol–water partition coefficient (Wildman–Crippen LogP) is 2.69. The van der Waals surface area contributed by atoms with E-state index in [4.69, 9.17) is 10.2 Å². The van der Waals surface area contributed by atoms with Gasteiger partial charge in [0.15, 0.2) is 0 Å². The Labute approximate surface area is 118 Å². The summed E-state index contributed by atoms with van der Waals surface area (Å²) in [6.45, 7) is 5.55. The molecule has 1 unspecified atom stereocenters. The van der Waals surface area contributed by atoms with Crippen molar-refractivity contribution in [2.24, 2.45) is 5.73 Å². The van der Waals surface area contributed by atoms with Crippen LogP contribution in [0.25, 0.3) is 11.0 Å². The zero-order valence-electron chi connectivity index (χ0n) is 11.3. The molecule has 104 valence electrons. The maximum Gasteiger partial charge on any atom is 0.237 e. The first-order valence-corrected chi connectivity index (χ1v) is 6.04. The van der Waals surface area contributed by atoms with Crippen molar-refractivity contribution in [3.05, 3.63) is 35.6 Å². The standard InChI is InChI=1S/C14H18N2O2.ClH/c1-8-11-6-4-5-7-12(11)18-13(8)10(3)16-14(17)9(2)15;/h4-7,9-10H,15H2,1-3H3,(H,16,17);1H/t9-,10?;/m0./s1. The topological polar surface area (TPSA) is 68.3 Å². The number of benzene rings is 1. The number of nitrogens with two attached hydrogens (primary N) is 1. The highest BCUT2D eigenvalue weighted by atomic mass is 35.5. The van der Waals surface area contributed by atoms with Gasteiger partial charge in [-0.3, -0.25) is 4.79 Å². The van der Waals surface area contributed by atoms with Crippen molar-refractivity contribution in [3.63, 3.8) is 0 Å². The number of nitrogens with one attached hydrogen (secondary N) is 1. The van der Waals surface area contributed by atoms with Gasteiger partial charge in [0.1, 0.15) is 11.3 Å². The largest absolute Gasteiger partial charge is 0.459 e. The molecule has 0 aliphatic rings. The summed E-state index contributed by atoms with van der Waals surface area (Å²) in [5.41, 5.74) is 7.43. The van der Waals surface area contributed by atoms with Gasteiger partial charge in [-0.25, -0.2) is 0 Å². The fourth-order valence-corrected chi connectivity index (χ4v) is 2.02. The number of amides is 1. The minimum Gasteiger partial charge on any atom is -0.459 e. The van der Waals surface area contributed by atoms with E-state index in [9.17, 15) is 4.79 Å². The number of furan rings is 1. The Morgan fingerprint density at radius 1 is 1.32 bits per heavy atom. The third-order valence-electron chi connectivity index (χ3n) is 3.05. The summed E-state index contributed by atoms with van der Waals surface area (Å²) < 4.78 is 5.79. The van der Waals surface area contributed by atoms with Crippen LogP contribution in [-0.2, 0) is 4.79 Å². The van der Waals surface area contributed by atoms with Crippen LogP contribution in [0, 0.1) is 6.92 Å². The van der Waals surface area contributed by atoms with Crippen LogP contribution in [-0.4, -0.2) is 11.9 Å². The SMILES string of the molecule is Cc1c(C(C)NC(=O)[C@H](C)N)oc2ccccc12.Cl. The summed E-state index contributed by atoms with van der Waals surface area (Å²) in [7, 11) is 0. The summed E-state index contributed by atoms with van der Waals surface area (Å²) in [6, 6.07) is 7.14. The lowest BCUT2D eigenvalue weighted by molar-refractivity contribution is -0.122. The molecule has 0 fully saturated rings. The molecule has 0 radical (unpaired) electrons. The first kappa shape index (κ1) is 15.5. The van der Waals surface area contributed by atoms with Crippen molar-refractivity contribution in [1.29, 1.82) is 0 Å². The molecule has 0 saturated carbocycles. The molecule has 0 aliphatic carbocycles. The van der Waals surface area contributed by atoms with Crippen molar-refractivity contribution < 1.29 is 9.21 Å². The third-order valence-corrected chi connectivity index (χ3v) is 3.05. The fraction of sp³-hybridized carbons (Fsp3) is 0.357. The Hall–Kier alpha value is -1.52. The Morgan fingerprint density at radius 2 is 1.95 bits per heavy atom. The van der Waals surface area contributed by atoms with Crippen LogP contribution in [0.1, 0.15) is 31.2 Å². The van der Waals surface area contributed by atoms with Crippen LogP contribution in [0.2, 0.25) is 0 Å². The third kappa shape index (κ3) is 3.08. The lowest BCUT2D eigenvalue weighted by atomic mass is 10.1. The molecule has 0 saturated heterocycles. The van der Waals surface area contributed by atoms with Gasteiger partial charge < -0.3 is 15.5 Å². The number of halogens is 1. The van der Waals surface area contributed by atoms with E-state index in [0.717, 1.165) is 22.3 Å². The molecule has 4 nitrogen and oxygen atoms in total. The van der Waals surface area contributed by atoms with Crippen molar-refractivity contribution in [2.45, 2.75) is 32.9 Å². The van der Waals surface area contributed by atoms with Gasteiger partial charge in [0, 0.05) is 10.9 Å². The molecule has 1 aromatic heterocycles. The molecule has 0 bridgehead atoms. The number of aryl methyl sites for hydroxylation is 1. The molecule has 0 aliphatic heterocycles. The summed E-state index contributed by atoms with van der Waals surface area (Å²) in [6.07, 6.45) is 0. The van der Waals surface area contributed by atoms with Crippen molar-refractivity contribution in [2.75, 3.05) is 0 Å². The number of fused-ring (bicyclic) bond motifs is 1. The van der Waals surface area contributed by atoms with Gasteiger partial charge in [0.25, 0.3) is 0 Å². The zero-order valence-corrected chi connectivity index (χ0v) is 12.1. The lowest BCUT2D eigenvalue weighted by Crippen LogP contribution is -2.39. The number of para-hydroxylation sites is 1. The highest BCUT2D eigenvalue weighted by Crippen LogP contribution is 2.28. The molecule has 19 heavy (non-hydrogen) atoms. The van der Waals surface area contributed by atoms with Gasteiger partial charge in [-0.1, -0.05) is 18.2 Å². The highest BCUT2D eigenvalue weighted by Gasteiger charge is 2.19. The molecule has 1 heterocycles. The maximum absolute atomic E-state index is 11.6. The Balaban J connectivity index is 0.00000180. The molecule has 2 atom stereocenters. The zero-order chi connectivity index (χ0) is 13.3. The quantitative estimate of drug-likeness (QED) is 0.909. The van der Waals surface area contributed by atoms with Gasteiger partial charge in [0.2, 0.25) is 5.91 Å². The van der Waals surface area contributed by atoms with Crippen molar-refractivity contribution in [3.8, 4) is 0 Å². The molecule has 2 rings (SSSR count). The van der Waals surface area contributed by atoms with Gasteiger partial charge in [-0.2, -0.15) is 0 Å². The average Bonchev–Trinajstić information content (AvgIpc) is 2.67. The van der Waals surface area contributed by atoms with E-state index in [0.29, 0.717) is 0 Å². The minimum atomic E-state index is -0.517. The maximum atomic E-state index is 11.6. The van der Waals surface area contributed by atoms with Crippen LogP contribution >= 0.6 is 12.4 Å². The first-order chi connectivity index (χ1) is 8.50. The van der Waals surface area contributed by atoms with Crippen LogP contribution in [0.5, 0.6) is 0 Å². The van der Waals surface area contributed by atoms with Gasteiger partial charge in [0.05, 0.1) is 12.1 Å². The van der Waals surface area contributed by atoms with Crippen molar-refractivity contribution >= 4 is 29.3 Å². The predicted molar refractivity (Wildman–Crippen MR) is 78.4 cm³/mol. The number of hydrogen-bond acceptors (Lipinski definition) is 3. The Bertz CT molecular complexity index is 578. The molecule has 5 heteroatoms. The van der Waals surface area contributed by atoms with E-state index in [2.05, 4.69) is 5.32 Å². The monoisotopic (exact) mass is 282 g/mol. The molecule has 0 spiro atoms. The van der Waals surface area contributed by atoms with Gasteiger partial charge in [-0.15, -0.1) is 12.4 Å². The fourth-order valence-electron chi connectivity index (χ4n) is 2.02. The van der Waals surface area contributed by atoms with Crippen LogP contribution in [0.15, 0.2) is 28.7 Å². The van der Waals surface area contributed by atoms with Crippen LogP contribution in [0.3, 0.4) is 0 Å². The Kier molecular flexibility index (Phi) is 4.97. The second-order valence-electron chi connectivity index (χ2n) is 4.61. The lowest BCUT2D eigenvalue weighted by Gasteiger charge is -2.14. The van der Waals surface area contributed by atoms with Gasteiger partial charge >= 0.3 is 0 Å². The Morgan fingerprint density at radius 3 is 2.53 bits per heavy atom. The number of carbonyl (C=O) groups is 1. The smallest absolute Gasteiger partial charge is 0.237 e. The molecule has 1 amide bonds. The van der Waals surface area contributed by atoms with E-state index < -0.39 is 6.04 Å². The molecular weight excluding hydrogens is 264 g/mol. The van der Waals surface area contributed by atoms with E-state index in [1.54, 1.807) is 6.92 Å². The summed E-state index contributed by atoms with van der Waals surface area (Å²) in [5, 5.41) is 3.92. The molecular formula is C14H19ClN2O2. The van der Waals surface area contributed by atoms with Crippen LogP contribution < -0.4 is 11.1 Å². The first-order valence-electron chi connectivity index (χ1n) is 6.04. The minimum absolute atomic E-state index is 0. The van der Waals surface area contributed by atoms with E-state index >= 15 is 0 Å². The van der Waals surface area contributed by atoms with E-state index in [1.165, 1.54) is 0 Å². The highest BCUT2D eigenvalue weighted by molar-refractivity contribution is 5.85. The molecule has 2 aromatic rings. The van der Waals surface area contributed by atoms with Crippen molar-refractivity contribution in [1.82, 2.24) is 5.32 Å². The summed E-state index contributed by atoms with van der Waals surface area (Å²) in [5.74, 6) is 0.604. The molecule has 1 aromatic carbocycles. The summed E-state index contributed by atoms with van der Waals surface area (Å²) >= 11 is 0. The van der Waals surface area contributed by atoms with E-state index in [1.807, 2.05) is 38.1 Å².